The fourth-order valence-corrected chi connectivity index (χ4v) is 1.18. The van der Waals surface area contributed by atoms with Gasteiger partial charge in [-0.25, -0.2) is 0 Å². The number of nitrogens with two attached hydrogens (primary N) is 1. The highest BCUT2D eigenvalue weighted by Crippen LogP contribution is 2.01. The molecule has 1 aromatic rings. The quantitative estimate of drug-likeness (QED) is 0.727. The highest BCUT2D eigenvalue weighted by atomic mass is 16.2. The van der Waals surface area contributed by atoms with E-state index >= 15 is 0 Å². The molecule has 0 aromatic carbocycles. The van der Waals surface area contributed by atoms with Crippen LogP contribution >= 0.6 is 0 Å². The number of hydrogen-bond donors (Lipinski definition) is 1. The van der Waals surface area contributed by atoms with Crippen molar-refractivity contribution in [2.24, 2.45) is 12.8 Å². The van der Waals surface area contributed by atoms with Crippen LogP contribution in [0.4, 0.5) is 0 Å². The molecule has 0 saturated heterocycles. The van der Waals surface area contributed by atoms with Gasteiger partial charge < -0.3 is 10.6 Å². The summed E-state index contributed by atoms with van der Waals surface area (Å²) in [5, 5.41) is 3.94. The van der Waals surface area contributed by atoms with Crippen LogP contribution in [0.15, 0.2) is 12.4 Å². The van der Waals surface area contributed by atoms with Crippen molar-refractivity contribution in [3.05, 3.63) is 18.0 Å². The smallest absolute Gasteiger partial charge is 0.256 e. The van der Waals surface area contributed by atoms with Crippen molar-refractivity contribution in [1.29, 1.82) is 0 Å². The minimum absolute atomic E-state index is 0.00782. The minimum Gasteiger partial charge on any atom is -0.342 e. The van der Waals surface area contributed by atoms with Crippen molar-refractivity contribution >= 4 is 5.91 Å². The number of aromatic nitrogens is 2. The third-order valence-electron chi connectivity index (χ3n) is 2.00. The van der Waals surface area contributed by atoms with Crippen molar-refractivity contribution in [2.75, 3.05) is 20.1 Å². The standard InChI is InChI=1S/C9H16N4O/c1-12(5-3-4-10)9(14)8-6-11-13(2)7-8/h6-7H,3-5,10H2,1-2H3. The average Bonchev–Trinajstić information content (AvgIpc) is 2.60. The van der Waals surface area contributed by atoms with Crippen LogP contribution in [0.3, 0.4) is 0 Å². The monoisotopic (exact) mass is 196 g/mol. The summed E-state index contributed by atoms with van der Waals surface area (Å²) in [5.41, 5.74) is 5.98. The molecule has 0 bridgehead atoms. The summed E-state index contributed by atoms with van der Waals surface area (Å²) in [6, 6.07) is 0. The summed E-state index contributed by atoms with van der Waals surface area (Å²) < 4.78 is 1.62. The summed E-state index contributed by atoms with van der Waals surface area (Å²) in [7, 11) is 3.56. The summed E-state index contributed by atoms with van der Waals surface area (Å²) >= 11 is 0. The Labute approximate surface area is 83.5 Å². The van der Waals surface area contributed by atoms with E-state index in [1.807, 2.05) is 0 Å². The normalized spacial score (nSPS) is 10.2. The fraction of sp³-hybridized carbons (Fsp3) is 0.556. The molecule has 5 nitrogen and oxygen atoms in total. The first-order chi connectivity index (χ1) is 6.65. The van der Waals surface area contributed by atoms with Crippen LogP contribution in [0, 0.1) is 0 Å². The molecular formula is C9H16N4O. The predicted octanol–water partition coefficient (Wildman–Crippen LogP) is -0.159. The molecule has 0 radical (unpaired) electrons. The second-order valence-corrected chi connectivity index (χ2v) is 3.27. The van der Waals surface area contributed by atoms with E-state index in [1.165, 1.54) is 0 Å². The summed E-state index contributed by atoms with van der Waals surface area (Å²) in [4.78, 5) is 13.4. The van der Waals surface area contributed by atoms with Gasteiger partial charge in [-0.15, -0.1) is 0 Å². The molecule has 5 heteroatoms. The summed E-state index contributed by atoms with van der Waals surface area (Å²) in [5.74, 6) is -0.00782. The third-order valence-corrected chi connectivity index (χ3v) is 2.00. The van der Waals surface area contributed by atoms with E-state index in [-0.39, 0.29) is 5.91 Å². The second kappa shape index (κ2) is 4.76. The molecule has 0 unspecified atom stereocenters. The van der Waals surface area contributed by atoms with E-state index in [4.69, 9.17) is 5.73 Å². The van der Waals surface area contributed by atoms with E-state index in [0.717, 1.165) is 6.42 Å². The SMILES string of the molecule is CN(CCCN)C(=O)c1cnn(C)c1. The van der Waals surface area contributed by atoms with Gasteiger partial charge in [0.25, 0.3) is 5.91 Å². The molecule has 0 saturated carbocycles. The molecule has 0 aliphatic rings. The maximum Gasteiger partial charge on any atom is 0.256 e. The van der Waals surface area contributed by atoms with Crippen LogP contribution < -0.4 is 5.73 Å². The third kappa shape index (κ3) is 2.56. The first-order valence-electron chi connectivity index (χ1n) is 4.59. The summed E-state index contributed by atoms with van der Waals surface area (Å²) in [6.07, 6.45) is 4.10. The summed E-state index contributed by atoms with van der Waals surface area (Å²) in [6.45, 7) is 1.29. The van der Waals surface area contributed by atoms with Gasteiger partial charge in [0.15, 0.2) is 0 Å². The zero-order chi connectivity index (χ0) is 10.6. The van der Waals surface area contributed by atoms with Gasteiger partial charge in [-0.2, -0.15) is 5.10 Å². The molecule has 78 valence electrons. The molecule has 14 heavy (non-hydrogen) atoms. The van der Waals surface area contributed by atoms with Gasteiger partial charge >= 0.3 is 0 Å². The first kappa shape index (κ1) is 10.7. The van der Waals surface area contributed by atoms with Crippen molar-refractivity contribution < 1.29 is 4.79 Å². The van der Waals surface area contributed by atoms with Crippen LogP contribution in [0.1, 0.15) is 16.8 Å². The fourth-order valence-electron chi connectivity index (χ4n) is 1.18. The van der Waals surface area contributed by atoms with Gasteiger partial charge in [0.05, 0.1) is 11.8 Å². The second-order valence-electron chi connectivity index (χ2n) is 3.27. The van der Waals surface area contributed by atoms with E-state index in [9.17, 15) is 4.79 Å². The van der Waals surface area contributed by atoms with Crippen molar-refractivity contribution in [2.45, 2.75) is 6.42 Å². The zero-order valence-corrected chi connectivity index (χ0v) is 8.60. The number of carbonyl (C=O) groups excluding carboxylic acids is 1. The van der Waals surface area contributed by atoms with E-state index < -0.39 is 0 Å². The molecule has 1 aromatic heterocycles. The van der Waals surface area contributed by atoms with Gasteiger partial charge in [-0.05, 0) is 13.0 Å². The van der Waals surface area contributed by atoms with E-state index in [1.54, 1.807) is 36.1 Å². The van der Waals surface area contributed by atoms with Gasteiger partial charge in [0.2, 0.25) is 0 Å². The minimum atomic E-state index is -0.00782. The Morgan fingerprint density at radius 2 is 2.43 bits per heavy atom. The Morgan fingerprint density at radius 1 is 1.71 bits per heavy atom. The van der Waals surface area contributed by atoms with Crippen molar-refractivity contribution in [3.63, 3.8) is 0 Å². The number of amides is 1. The Morgan fingerprint density at radius 3 is 2.93 bits per heavy atom. The van der Waals surface area contributed by atoms with Gasteiger partial charge in [0, 0.05) is 26.8 Å². The van der Waals surface area contributed by atoms with Crippen LogP contribution in [0.5, 0.6) is 0 Å². The molecule has 1 amide bonds. The van der Waals surface area contributed by atoms with E-state index in [0.29, 0.717) is 18.7 Å². The lowest BCUT2D eigenvalue weighted by molar-refractivity contribution is 0.0794. The number of hydrogen-bond acceptors (Lipinski definition) is 3. The lowest BCUT2D eigenvalue weighted by Crippen LogP contribution is -2.28. The largest absolute Gasteiger partial charge is 0.342 e. The van der Waals surface area contributed by atoms with E-state index in [2.05, 4.69) is 5.10 Å². The predicted molar refractivity (Wildman–Crippen MR) is 53.8 cm³/mol. The van der Waals surface area contributed by atoms with Crippen LogP contribution in [-0.4, -0.2) is 40.7 Å². The molecule has 0 aliphatic heterocycles. The van der Waals surface area contributed by atoms with Gasteiger partial charge in [-0.1, -0.05) is 0 Å². The van der Waals surface area contributed by atoms with Gasteiger partial charge in [0.1, 0.15) is 0 Å². The number of rotatable bonds is 4. The van der Waals surface area contributed by atoms with Crippen LogP contribution in [0.25, 0.3) is 0 Å². The van der Waals surface area contributed by atoms with Crippen LogP contribution in [-0.2, 0) is 7.05 Å². The number of carbonyl (C=O) groups is 1. The van der Waals surface area contributed by atoms with Gasteiger partial charge in [-0.3, -0.25) is 9.48 Å². The maximum atomic E-state index is 11.7. The first-order valence-corrected chi connectivity index (χ1v) is 4.59. The Bertz CT molecular complexity index is 308. The lowest BCUT2D eigenvalue weighted by Gasteiger charge is -2.15. The molecule has 1 heterocycles. The molecule has 0 spiro atoms. The highest BCUT2D eigenvalue weighted by molar-refractivity contribution is 5.93. The Balaban J connectivity index is 2.56. The number of nitrogens with zero attached hydrogens (tertiary/aromatic N) is 3. The average molecular weight is 196 g/mol. The highest BCUT2D eigenvalue weighted by Gasteiger charge is 2.12. The molecule has 0 aliphatic carbocycles. The molecular weight excluding hydrogens is 180 g/mol. The van der Waals surface area contributed by atoms with Crippen molar-refractivity contribution in [3.8, 4) is 0 Å². The zero-order valence-electron chi connectivity index (χ0n) is 8.60. The molecule has 0 atom stereocenters. The number of aryl methyl sites for hydroxylation is 1. The Hall–Kier alpha value is -1.36. The lowest BCUT2D eigenvalue weighted by atomic mass is 10.3. The van der Waals surface area contributed by atoms with Crippen LogP contribution in [0.2, 0.25) is 0 Å². The Kier molecular flexibility index (Phi) is 3.64. The van der Waals surface area contributed by atoms with Crippen molar-refractivity contribution in [1.82, 2.24) is 14.7 Å². The molecule has 1 rings (SSSR count). The molecule has 0 fully saturated rings. The maximum absolute atomic E-state index is 11.7. The molecule has 2 N–H and O–H groups in total. The topological polar surface area (TPSA) is 64.2 Å².